The fourth-order valence-electron chi connectivity index (χ4n) is 5.49. The molecule has 0 spiro atoms. The quantitative estimate of drug-likeness (QED) is 0.358. The maximum Gasteiger partial charge on any atom is 0.305 e. The van der Waals surface area contributed by atoms with Gasteiger partial charge in [-0.2, -0.15) is 8.78 Å². The molecular weight excluding hydrogens is 516 g/mol. The lowest BCUT2D eigenvalue weighted by Crippen LogP contribution is -2.47. The molecule has 1 aromatic carbocycles. The van der Waals surface area contributed by atoms with Gasteiger partial charge in [0.05, 0.1) is 25.0 Å². The van der Waals surface area contributed by atoms with Crippen LogP contribution >= 0.6 is 0 Å². The molecule has 3 aromatic heterocycles. The zero-order chi connectivity index (χ0) is 27.9. The van der Waals surface area contributed by atoms with E-state index in [0.717, 1.165) is 41.0 Å². The summed E-state index contributed by atoms with van der Waals surface area (Å²) in [6, 6.07) is 6.45. The molecule has 0 unspecified atom stereocenters. The Hall–Kier alpha value is -3.57. The first kappa shape index (κ1) is 26.6. The molecule has 9 nitrogen and oxygen atoms in total. The highest BCUT2D eigenvalue weighted by Gasteiger charge is 2.30. The van der Waals surface area contributed by atoms with Gasteiger partial charge in [-0.05, 0) is 68.5 Å². The third kappa shape index (κ3) is 5.27. The van der Waals surface area contributed by atoms with Crippen LogP contribution in [0.5, 0.6) is 5.75 Å². The van der Waals surface area contributed by atoms with E-state index in [1.165, 1.54) is 17.7 Å². The van der Waals surface area contributed by atoms with E-state index in [-0.39, 0.29) is 25.5 Å². The SMILES string of the molecule is COc1cc(C(=O)N2CCCCNCCC(F)(F)NC2)cc2nc(-c3cc4cccnc4n3CC3CC3)n(C)c12. The van der Waals surface area contributed by atoms with Crippen molar-refractivity contribution in [2.45, 2.75) is 44.7 Å². The number of pyridine rings is 1. The third-order valence-electron chi connectivity index (χ3n) is 7.89. The maximum absolute atomic E-state index is 14.3. The van der Waals surface area contributed by atoms with Gasteiger partial charge in [0.1, 0.15) is 16.9 Å². The second kappa shape index (κ2) is 10.8. The van der Waals surface area contributed by atoms with E-state index in [1.807, 2.05) is 23.9 Å². The molecular formula is C29H35F2N7O2. The number of alkyl halides is 2. The van der Waals surface area contributed by atoms with Crippen LogP contribution in [0.4, 0.5) is 8.78 Å². The number of fused-ring (bicyclic) bond motifs is 2. The molecule has 40 heavy (non-hydrogen) atoms. The number of nitrogens with zero attached hydrogens (tertiary/aromatic N) is 5. The van der Waals surface area contributed by atoms with Crippen LogP contribution in [0.1, 0.15) is 42.5 Å². The molecule has 2 fully saturated rings. The number of aromatic nitrogens is 4. The number of methoxy groups -OCH3 is 1. The summed E-state index contributed by atoms with van der Waals surface area (Å²) in [6.07, 6.45) is 5.40. The van der Waals surface area contributed by atoms with E-state index in [0.29, 0.717) is 42.3 Å². The number of benzene rings is 1. The Morgan fingerprint density at radius 1 is 1.20 bits per heavy atom. The van der Waals surface area contributed by atoms with Crippen LogP contribution in [0.2, 0.25) is 0 Å². The number of imidazole rings is 1. The van der Waals surface area contributed by atoms with E-state index in [2.05, 4.69) is 32.3 Å². The number of ether oxygens (including phenoxy) is 1. The number of aryl methyl sites for hydroxylation is 1. The first-order valence-corrected chi connectivity index (χ1v) is 14.0. The summed E-state index contributed by atoms with van der Waals surface area (Å²) in [4.78, 5) is 24.7. The Balaban J connectivity index is 1.38. The first-order chi connectivity index (χ1) is 19.3. The molecule has 2 N–H and O–H groups in total. The van der Waals surface area contributed by atoms with Crippen molar-refractivity contribution < 1.29 is 18.3 Å². The fourth-order valence-corrected chi connectivity index (χ4v) is 5.49. The number of halogens is 2. The van der Waals surface area contributed by atoms with Gasteiger partial charge in [-0.25, -0.2) is 15.3 Å². The van der Waals surface area contributed by atoms with Crippen molar-refractivity contribution in [1.82, 2.24) is 34.6 Å². The number of hydrogen-bond donors (Lipinski definition) is 2. The molecule has 1 aliphatic heterocycles. The topological polar surface area (TPSA) is 89.2 Å². The lowest BCUT2D eigenvalue weighted by molar-refractivity contribution is -0.0504. The van der Waals surface area contributed by atoms with Gasteiger partial charge in [0.2, 0.25) is 0 Å². The molecule has 1 aliphatic carbocycles. The largest absolute Gasteiger partial charge is 0.494 e. The van der Waals surface area contributed by atoms with Gasteiger partial charge in [0.15, 0.2) is 5.82 Å². The van der Waals surface area contributed by atoms with Gasteiger partial charge < -0.3 is 24.1 Å². The molecule has 0 bridgehead atoms. The van der Waals surface area contributed by atoms with Gasteiger partial charge in [0, 0.05) is 50.2 Å². The summed E-state index contributed by atoms with van der Waals surface area (Å²) < 4.78 is 38.6. The van der Waals surface area contributed by atoms with E-state index in [9.17, 15) is 13.6 Å². The number of hydrogen-bond acceptors (Lipinski definition) is 6. The van der Waals surface area contributed by atoms with Crippen LogP contribution in [-0.2, 0) is 13.6 Å². The minimum absolute atomic E-state index is 0.222. The van der Waals surface area contributed by atoms with Crippen molar-refractivity contribution in [3.05, 3.63) is 42.1 Å². The summed E-state index contributed by atoms with van der Waals surface area (Å²) in [5.41, 5.74) is 3.61. The third-order valence-corrected chi connectivity index (χ3v) is 7.89. The molecule has 1 saturated carbocycles. The van der Waals surface area contributed by atoms with Crippen LogP contribution in [0.15, 0.2) is 36.5 Å². The Kier molecular flexibility index (Phi) is 7.18. The van der Waals surface area contributed by atoms with Gasteiger partial charge in [-0.15, -0.1) is 0 Å². The van der Waals surface area contributed by atoms with Gasteiger partial charge in [0.25, 0.3) is 5.91 Å². The van der Waals surface area contributed by atoms with E-state index >= 15 is 0 Å². The monoisotopic (exact) mass is 551 g/mol. The number of rotatable bonds is 5. The summed E-state index contributed by atoms with van der Waals surface area (Å²) in [5, 5.41) is 6.36. The van der Waals surface area contributed by atoms with Crippen molar-refractivity contribution in [2.75, 3.05) is 33.4 Å². The van der Waals surface area contributed by atoms with Crippen molar-refractivity contribution in [3.8, 4) is 17.3 Å². The zero-order valence-electron chi connectivity index (χ0n) is 22.9. The van der Waals surface area contributed by atoms with Gasteiger partial charge in [-0.1, -0.05) is 0 Å². The molecule has 11 heteroatoms. The molecule has 0 atom stereocenters. The minimum Gasteiger partial charge on any atom is -0.494 e. The molecule has 6 rings (SSSR count). The number of nitrogens with one attached hydrogen (secondary N) is 2. The summed E-state index contributed by atoms with van der Waals surface area (Å²) in [6.45, 7) is 1.86. The predicted octanol–water partition coefficient (Wildman–Crippen LogP) is 4.36. The Bertz CT molecular complexity index is 1540. The standard InChI is InChI=1S/C29H35F2N7O2/c1-36-25-22(35-27(36)23-15-20-6-5-11-33-26(20)38(23)17-19-7-8-19)14-21(16-24(25)40-2)28(39)37-13-4-3-10-32-12-9-29(30,31)34-18-37/h5-6,11,14-16,19,32,34H,3-4,7-10,12-13,17-18H2,1-2H3. The van der Waals surface area contributed by atoms with Crippen molar-refractivity contribution in [2.24, 2.45) is 13.0 Å². The number of amides is 1. The Labute approximate surface area is 231 Å². The molecule has 1 amide bonds. The van der Waals surface area contributed by atoms with Crippen LogP contribution < -0.4 is 15.4 Å². The highest BCUT2D eigenvalue weighted by molar-refractivity contribution is 6.00. The maximum atomic E-state index is 14.3. The van der Waals surface area contributed by atoms with E-state index < -0.39 is 6.05 Å². The molecule has 4 aromatic rings. The van der Waals surface area contributed by atoms with Crippen molar-refractivity contribution >= 4 is 28.0 Å². The fraction of sp³-hybridized carbons (Fsp3) is 0.483. The number of carbonyl (C=O) groups excluding carboxylic acids is 1. The average molecular weight is 552 g/mol. The first-order valence-electron chi connectivity index (χ1n) is 14.0. The molecule has 0 radical (unpaired) electrons. The van der Waals surface area contributed by atoms with E-state index in [1.54, 1.807) is 19.2 Å². The molecule has 212 valence electrons. The Morgan fingerprint density at radius 3 is 2.85 bits per heavy atom. The summed E-state index contributed by atoms with van der Waals surface area (Å²) >= 11 is 0. The number of carbonyl (C=O) groups is 1. The average Bonchev–Trinajstić information content (AvgIpc) is 3.62. The highest BCUT2D eigenvalue weighted by Crippen LogP contribution is 2.37. The van der Waals surface area contributed by atoms with Crippen LogP contribution in [0.3, 0.4) is 0 Å². The van der Waals surface area contributed by atoms with Crippen LogP contribution in [0, 0.1) is 5.92 Å². The van der Waals surface area contributed by atoms with Crippen molar-refractivity contribution in [3.63, 3.8) is 0 Å². The zero-order valence-corrected chi connectivity index (χ0v) is 22.9. The predicted molar refractivity (Wildman–Crippen MR) is 149 cm³/mol. The van der Waals surface area contributed by atoms with Gasteiger partial charge in [-0.3, -0.25) is 4.79 Å². The van der Waals surface area contributed by atoms with Crippen molar-refractivity contribution in [1.29, 1.82) is 0 Å². The molecule has 2 aliphatic rings. The van der Waals surface area contributed by atoms with E-state index in [4.69, 9.17) is 9.72 Å². The highest BCUT2D eigenvalue weighted by atomic mass is 19.3. The van der Waals surface area contributed by atoms with Gasteiger partial charge >= 0.3 is 6.05 Å². The summed E-state index contributed by atoms with van der Waals surface area (Å²) in [7, 11) is 3.50. The molecule has 1 saturated heterocycles. The smallest absolute Gasteiger partial charge is 0.305 e. The second-order valence-corrected chi connectivity index (χ2v) is 10.9. The molecule has 4 heterocycles. The minimum atomic E-state index is -3.07. The Morgan fingerprint density at radius 2 is 2.05 bits per heavy atom. The lowest BCUT2D eigenvalue weighted by Gasteiger charge is -2.26. The van der Waals surface area contributed by atoms with Crippen LogP contribution in [0.25, 0.3) is 33.6 Å². The van der Waals surface area contributed by atoms with Crippen LogP contribution in [-0.4, -0.2) is 69.4 Å². The second-order valence-electron chi connectivity index (χ2n) is 10.9. The lowest BCUT2D eigenvalue weighted by atomic mass is 10.1. The normalized spacial score (nSPS) is 18.6. The summed E-state index contributed by atoms with van der Waals surface area (Å²) in [5.74, 6) is 1.55.